The Morgan fingerprint density at radius 1 is 1.00 bits per heavy atom. The first-order valence-corrected chi connectivity index (χ1v) is 15.8. The van der Waals surface area contributed by atoms with Gasteiger partial charge in [0, 0.05) is 30.9 Å². The largest absolute Gasteiger partial charge is 0.339 e. The zero-order valence-electron chi connectivity index (χ0n) is 20.8. The van der Waals surface area contributed by atoms with Gasteiger partial charge in [0.1, 0.15) is 15.6 Å². The summed E-state index contributed by atoms with van der Waals surface area (Å²) in [6.45, 7) is 0.458. The van der Waals surface area contributed by atoms with Crippen LogP contribution in [-0.2, 0) is 20.0 Å². The van der Waals surface area contributed by atoms with Crippen molar-refractivity contribution in [2.45, 2.75) is 47.9 Å². The molecule has 1 atom stereocenters. The number of hydrogen-bond acceptors (Lipinski definition) is 5. The van der Waals surface area contributed by atoms with E-state index in [0.29, 0.717) is 12.2 Å². The summed E-state index contributed by atoms with van der Waals surface area (Å²) in [5.74, 6) is -0.784. The Morgan fingerprint density at radius 3 is 2.34 bits per heavy atom. The smallest absolute Gasteiger partial charge is 0.245 e. The molecule has 1 saturated carbocycles. The molecule has 1 fully saturated rings. The van der Waals surface area contributed by atoms with Crippen LogP contribution in [0.3, 0.4) is 0 Å². The number of rotatable bonds is 4. The molecule has 7 nitrogen and oxygen atoms in total. The number of anilines is 2. The van der Waals surface area contributed by atoms with Crippen LogP contribution in [0.25, 0.3) is 11.1 Å². The SMILES string of the molecule is CN1[C@H](C2CCCCC2)CN(c2ccccc2)c2cc(Cl)c(-c3ccc(F)c(S(N)(=O)=O)c3)cc2S1(=O)=O. The van der Waals surface area contributed by atoms with E-state index in [1.54, 1.807) is 13.1 Å². The second kappa shape index (κ2) is 10.2. The summed E-state index contributed by atoms with van der Waals surface area (Å²) in [6.07, 6.45) is 5.21. The molecule has 3 aromatic carbocycles. The number of sulfonamides is 2. The van der Waals surface area contributed by atoms with Gasteiger partial charge in [0.2, 0.25) is 20.0 Å². The molecule has 0 amide bonds. The standard InChI is InChI=1S/C27H29ClFN3O4S2/c1-31-25(18-8-4-2-5-9-18)17-32(20-10-6-3-7-11-20)24-16-22(28)21(15-27(24)38(31,35)36)19-12-13-23(29)26(14-19)37(30,33)34/h3,6-7,10-16,18,25H,2,4-5,8-9,17H2,1H3,(H2,30,33,34)/t25-/m0/s1. The van der Waals surface area contributed by atoms with Crippen molar-refractivity contribution >= 4 is 43.0 Å². The number of para-hydroxylation sites is 1. The Kier molecular flexibility index (Phi) is 7.30. The number of likely N-dealkylation sites (N-methyl/N-ethyl adjacent to an activating group) is 1. The molecule has 1 aliphatic carbocycles. The molecule has 1 heterocycles. The summed E-state index contributed by atoms with van der Waals surface area (Å²) in [6, 6.07) is 15.7. The molecule has 11 heteroatoms. The highest BCUT2D eigenvalue weighted by atomic mass is 35.5. The predicted molar refractivity (Wildman–Crippen MR) is 147 cm³/mol. The van der Waals surface area contributed by atoms with Crippen LogP contribution in [0, 0.1) is 11.7 Å². The van der Waals surface area contributed by atoms with Crippen LogP contribution in [0.5, 0.6) is 0 Å². The molecule has 2 aliphatic rings. The van der Waals surface area contributed by atoms with Crippen molar-refractivity contribution in [3.05, 3.63) is 71.5 Å². The molecule has 0 radical (unpaired) electrons. The molecule has 0 bridgehead atoms. The average molecular weight is 578 g/mol. The molecule has 1 aliphatic heterocycles. The monoisotopic (exact) mass is 577 g/mol. The van der Waals surface area contributed by atoms with Crippen LogP contribution < -0.4 is 10.0 Å². The molecular weight excluding hydrogens is 549 g/mol. The maximum atomic E-state index is 14.2. The minimum absolute atomic E-state index is 0.0445. The number of benzene rings is 3. The highest BCUT2D eigenvalue weighted by molar-refractivity contribution is 7.89. The Morgan fingerprint density at radius 2 is 1.68 bits per heavy atom. The third-order valence-electron chi connectivity index (χ3n) is 7.64. The number of fused-ring (bicyclic) bond motifs is 1. The molecule has 38 heavy (non-hydrogen) atoms. The van der Waals surface area contributed by atoms with Gasteiger partial charge in [-0.05, 0) is 60.7 Å². The van der Waals surface area contributed by atoms with E-state index in [1.807, 2.05) is 35.2 Å². The summed E-state index contributed by atoms with van der Waals surface area (Å²) < 4.78 is 67.8. The van der Waals surface area contributed by atoms with E-state index < -0.39 is 30.8 Å². The molecule has 2 N–H and O–H groups in total. The summed E-state index contributed by atoms with van der Waals surface area (Å²) in [7, 11) is -6.70. The lowest BCUT2D eigenvalue weighted by Crippen LogP contribution is -2.46. The maximum absolute atomic E-state index is 14.2. The molecule has 3 aromatic rings. The van der Waals surface area contributed by atoms with Gasteiger partial charge < -0.3 is 4.90 Å². The van der Waals surface area contributed by atoms with E-state index in [2.05, 4.69) is 0 Å². The van der Waals surface area contributed by atoms with Crippen LogP contribution in [0.2, 0.25) is 5.02 Å². The summed E-state index contributed by atoms with van der Waals surface area (Å²) >= 11 is 6.71. The van der Waals surface area contributed by atoms with Crippen molar-refractivity contribution in [1.82, 2.24) is 4.31 Å². The molecule has 0 spiro atoms. The van der Waals surface area contributed by atoms with Gasteiger partial charge in [0.15, 0.2) is 0 Å². The van der Waals surface area contributed by atoms with Gasteiger partial charge in [-0.15, -0.1) is 0 Å². The molecular formula is C27H29ClFN3O4S2. The van der Waals surface area contributed by atoms with E-state index in [4.69, 9.17) is 16.7 Å². The Hall–Kier alpha value is -2.50. The maximum Gasteiger partial charge on any atom is 0.245 e. The predicted octanol–water partition coefficient (Wildman–Crippen LogP) is 5.51. The van der Waals surface area contributed by atoms with Crippen LogP contribution in [0.1, 0.15) is 32.1 Å². The lowest BCUT2D eigenvalue weighted by atomic mass is 9.83. The van der Waals surface area contributed by atoms with Crippen molar-refractivity contribution in [1.29, 1.82) is 0 Å². The summed E-state index contributed by atoms with van der Waals surface area (Å²) in [5.41, 5.74) is 1.77. The van der Waals surface area contributed by atoms with E-state index in [-0.39, 0.29) is 33.0 Å². The van der Waals surface area contributed by atoms with Crippen molar-refractivity contribution in [3.8, 4) is 11.1 Å². The minimum Gasteiger partial charge on any atom is -0.339 e. The number of nitrogens with zero attached hydrogens (tertiary/aromatic N) is 2. The normalized spacial score (nSPS) is 20.6. The second-order valence-corrected chi connectivity index (χ2v) is 13.8. The van der Waals surface area contributed by atoms with Gasteiger partial charge in [-0.1, -0.05) is 55.1 Å². The van der Waals surface area contributed by atoms with E-state index in [1.165, 1.54) is 16.4 Å². The first kappa shape index (κ1) is 27.1. The first-order valence-electron chi connectivity index (χ1n) is 12.5. The number of nitrogens with two attached hydrogens (primary N) is 1. The fourth-order valence-electron chi connectivity index (χ4n) is 5.62. The number of hydrogen-bond donors (Lipinski definition) is 1. The third-order valence-corrected chi connectivity index (χ3v) is 10.8. The lowest BCUT2D eigenvalue weighted by Gasteiger charge is -2.36. The lowest BCUT2D eigenvalue weighted by molar-refractivity contribution is 0.218. The van der Waals surface area contributed by atoms with Crippen LogP contribution >= 0.6 is 11.6 Å². The van der Waals surface area contributed by atoms with Crippen molar-refractivity contribution in [3.63, 3.8) is 0 Å². The van der Waals surface area contributed by atoms with Crippen LogP contribution in [0.4, 0.5) is 15.8 Å². The van der Waals surface area contributed by atoms with Crippen LogP contribution in [0.15, 0.2) is 70.5 Å². The second-order valence-electron chi connectivity index (χ2n) is 9.92. The Labute approximate surface area is 228 Å². The quantitative estimate of drug-likeness (QED) is 0.440. The average Bonchev–Trinajstić information content (AvgIpc) is 2.97. The van der Waals surface area contributed by atoms with Gasteiger partial charge in [-0.2, -0.15) is 4.31 Å². The number of halogens is 2. The van der Waals surface area contributed by atoms with Crippen molar-refractivity contribution in [2.24, 2.45) is 11.1 Å². The summed E-state index contributed by atoms with van der Waals surface area (Å²) in [5, 5.41) is 5.39. The van der Waals surface area contributed by atoms with E-state index in [9.17, 15) is 21.2 Å². The highest BCUT2D eigenvalue weighted by Crippen LogP contribution is 2.44. The van der Waals surface area contributed by atoms with Gasteiger partial charge in [0.25, 0.3) is 0 Å². The van der Waals surface area contributed by atoms with Crippen molar-refractivity contribution < 1.29 is 21.2 Å². The van der Waals surface area contributed by atoms with Gasteiger partial charge in [0.05, 0.1) is 10.7 Å². The Balaban J connectivity index is 1.72. The van der Waals surface area contributed by atoms with Gasteiger partial charge in [-0.3, -0.25) is 0 Å². The number of primary sulfonamides is 1. The first-order chi connectivity index (χ1) is 18.0. The third kappa shape index (κ3) is 4.96. The Bertz CT molecular complexity index is 1580. The fraction of sp³-hybridized carbons (Fsp3) is 0.333. The molecule has 0 saturated heterocycles. The summed E-state index contributed by atoms with van der Waals surface area (Å²) in [4.78, 5) is 1.35. The van der Waals surface area contributed by atoms with Crippen LogP contribution in [-0.4, -0.2) is 40.8 Å². The van der Waals surface area contributed by atoms with Gasteiger partial charge >= 0.3 is 0 Å². The zero-order valence-corrected chi connectivity index (χ0v) is 23.2. The van der Waals surface area contributed by atoms with E-state index >= 15 is 0 Å². The van der Waals surface area contributed by atoms with Gasteiger partial charge in [-0.25, -0.2) is 26.4 Å². The highest BCUT2D eigenvalue weighted by Gasteiger charge is 2.41. The molecule has 0 unspecified atom stereocenters. The molecule has 0 aromatic heterocycles. The van der Waals surface area contributed by atoms with Crippen molar-refractivity contribution in [2.75, 3.05) is 18.5 Å². The zero-order chi connectivity index (χ0) is 27.2. The molecule has 202 valence electrons. The van der Waals surface area contributed by atoms with E-state index in [0.717, 1.165) is 49.9 Å². The molecule has 5 rings (SSSR count). The minimum atomic E-state index is -4.35. The fourth-order valence-corrected chi connectivity index (χ4v) is 8.13. The topological polar surface area (TPSA) is 101 Å².